The number of aliphatic hydroxyl groups excluding tert-OH is 1. The summed E-state index contributed by atoms with van der Waals surface area (Å²) in [5, 5.41) is 9.09. The molecule has 3 nitrogen and oxygen atoms in total. The van der Waals surface area contributed by atoms with Crippen LogP contribution in [0.15, 0.2) is 18.3 Å². The summed E-state index contributed by atoms with van der Waals surface area (Å²) in [5.74, 6) is -0.565. The Morgan fingerprint density at radius 1 is 1.69 bits per heavy atom. The summed E-state index contributed by atoms with van der Waals surface area (Å²) >= 11 is 0. The number of rotatable bonds is 3. The number of nitrogens with two attached hydrogens (primary N) is 1. The van der Waals surface area contributed by atoms with E-state index in [1.165, 1.54) is 6.20 Å². The third-order valence-electron chi connectivity index (χ3n) is 2.21. The van der Waals surface area contributed by atoms with E-state index in [1.54, 1.807) is 19.1 Å². The molecule has 3 N–H and O–H groups in total. The van der Waals surface area contributed by atoms with Crippen LogP contribution in [0.2, 0.25) is 0 Å². The number of aromatic nitrogens is 1. The van der Waals surface area contributed by atoms with Crippen LogP contribution in [0.25, 0.3) is 0 Å². The fourth-order valence-electron chi connectivity index (χ4n) is 1.10. The van der Waals surface area contributed by atoms with E-state index in [4.69, 9.17) is 10.8 Å². The van der Waals surface area contributed by atoms with Crippen LogP contribution in [0.4, 0.5) is 4.39 Å². The summed E-state index contributed by atoms with van der Waals surface area (Å²) in [5.41, 5.74) is 5.09. The first-order chi connectivity index (χ1) is 6.14. The van der Waals surface area contributed by atoms with Gasteiger partial charge < -0.3 is 10.8 Å². The highest BCUT2D eigenvalue weighted by Crippen LogP contribution is 2.23. The fourth-order valence-corrected chi connectivity index (χ4v) is 1.10. The number of hydrogen-bond donors (Lipinski definition) is 2. The Bertz CT molecular complexity index is 287. The lowest BCUT2D eigenvalue weighted by atomic mass is 9.84. The lowest BCUT2D eigenvalue weighted by Crippen LogP contribution is -2.36. The molecule has 0 saturated carbocycles. The third-order valence-corrected chi connectivity index (χ3v) is 2.21. The molecular weight excluding hydrogens is 171 g/mol. The van der Waals surface area contributed by atoms with Crippen molar-refractivity contribution in [1.29, 1.82) is 0 Å². The van der Waals surface area contributed by atoms with Gasteiger partial charge in [-0.3, -0.25) is 0 Å². The van der Waals surface area contributed by atoms with Gasteiger partial charge in [0.2, 0.25) is 5.95 Å². The first kappa shape index (κ1) is 10.1. The molecule has 0 saturated heterocycles. The van der Waals surface area contributed by atoms with Gasteiger partial charge in [0.1, 0.15) is 0 Å². The van der Waals surface area contributed by atoms with E-state index in [2.05, 4.69) is 4.98 Å². The zero-order valence-corrected chi connectivity index (χ0v) is 7.50. The highest BCUT2D eigenvalue weighted by molar-refractivity contribution is 5.22. The van der Waals surface area contributed by atoms with Gasteiger partial charge in [0.15, 0.2) is 0 Å². The van der Waals surface area contributed by atoms with Gasteiger partial charge >= 0.3 is 0 Å². The Kier molecular flexibility index (Phi) is 2.95. The monoisotopic (exact) mass is 184 g/mol. The first-order valence-corrected chi connectivity index (χ1v) is 4.06. The van der Waals surface area contributed by atoms with Crippen LogP contribution < -0.4 is 5.73 Å². The molecule has 0 fully saturated rings. The van der Waals surface area contributed by atoms with E-state index < -0.39 is 11.4 Å². The van der Waals surface area contributed by atoms with Crippen molar-refractivity contribution in [3.05, 3.63) is 29.8 Å². The molecular formula is C9H13FN2O. The molecule has 0 radical (unpaired) electrons. The average Bonchev–Trinajstić information content (AvgIpc) is 2.17. The van der Waals surface area contributed by atoms with Crippen LogP contribution in [0.1, 0.15) is 12.5 Å². The Labute approximate surface area is 76.4 Å². The van der Waals surface area contributed by atoms with Crippen LogP contribution >= 0.6 is 0 Å². The van der Waals surface area contributed by atoms with Crippen molar-refractivity contribution >= 4 is 0 Å². The second-order valence-electron chi connectivity index (χ2n) is 3.26. The summed E-state index contributed by atoms with van der Waals surface area (Å²) in [6.07, 6.45) is 1.37. The van der Waals surface area contributed by atoms with Gasteiger partial charge in [-0.25, -0.2) is 4.98 Å². The molecule has 0 aliphatic carbocycles. The maximum Gasteiger partial charge on any atom is 0.216 e. The molecule has 1 atom stereocenters. The molecule has 0 aliphatic heterocycles. The average molecular weight is 184 g/mol. The Hall–Kier alpha value is -1.00. The molecule has 0 amide bonds. The smallest absolute Gasteiger partial charge is 0.216 e. The van der Waals surface area contributed by atoms with E-state index >= 15 is 0 Å². The van der Waals surface area contributed by atoms with Gasteiger partial charge in [-0.1, -0.05) is 13.0 Å². The minimum absolute atomic E-state index is 0.187. The molecule has 0 bridgehead atoms. The van der Waals surface area contributed by atoms with E-state index in [0.717, 1.165) is 0 Å². The second-order valence-corrected chi connectivity index (χ2v) is 3.26. The molecule has 1 rings (SSSR count). The zero-order valence-electron chi connectivity index (χ0n) is 7.50. The minimum atomic E-state index is -0.738. The number of halogens is 1. The third kappa shape index (κ3) is 1.84. The van der Waals surface area contributed by atoms with Gasteiger partial charge in [-0.15, -0.1) is 0 Å². The van der Waals surface area contributed by atoms with Crippen LogP contribution in [0, 0.1) is 5.95 Å². The topological polar surface area (TPSA) is 59.1 Å². The van der Waals surface area contributed by atoms with Crippen molar-refractivity contribution in [1.82, 2.24) is 4.98 Å². The summed E-state index contributed by atoms with van der Waals surface area (Å²) in [4.78, 5) is 3.51. The summed E-state index contributed by atoms with van der Waals surface area (Å²) in [7, 11) is 0. The van der Waals surface area contributed by atoms with Gasteiger partial charge in [0.25, 0.3) is 0 Å². The largest absolute Gasteiger partial charge is 0.395 e. The fraction of sp³-hybridized carbons (Fsp3) is 0.444. The van der Waals surface area contributed by atoms with Gasteiger partial charge in [0, 0.05) is 23.7 Å². The summed E-state index contributed by atoms with van der Waals surface area (Å²) < 4.78 is 13.2. The molecule has 0 spiro atoms. The highest BCUT2D eigenvalue weighted by Gasteiger charge is 2.27. The van der Waals surface area contributed by atoms with Gasteiger partial charge in [0.05, 0.1) is 6.61 Å². The van der Waals surface area contributed by atoms with Crippen molar-refractivity contribution in [2.24, 2.45) is 5.73 Å². The first-order valence-electron chi connectivity index (χ1n) is 4.06. The van der Waals surface area contributed by atoms with Crippen molar-refractivity contribution in [2.45, 2.75) is 12.3 Å². The zero-order chi connectivity index (χ0) is 9.90. The molecule has 72 valence electrons. The van der Waals surface area contributed by atoms with Crippen LogP contribution in [-0.2, 0) is 5.41 Å². The Morgan fingerprint density at radius 2 is 2.38 bits per heavy atom. The maximum absolute atomic E-state index is 13.2. The second kappa shape index (κ2) is 3.81. The maximum atomic E-state index is 13.2. The SMILES string of the molecule is CC(CN)(CO)c1cccnc1F. The van der Waals surface area contributed by atoms with Crippen LogP contribution in [0.5, 0.6) is 0 Å². The highest BCUT2D eigenvalue weighted by atomic mass is 19.1. The van der Waals surface area contributed by atoms with Gasteiger partial charge in [-0.2, -0.15) is 4.39 Å². The predicted molar refractivity (Wildman–Crippen MR) is 47.7 cm³/mol. The van der Waals surface area contributed by atoms with E-state index in [0.29, 0.717) is 5.56 Å². The van der Waals surface area contributed by atoms with Crippen molar-refractivity contribution in [3.63, 3.8) is 0 Å². The van der Waals surface area contributed by atoms with E-state index in [1.807, 2.05) is 0 Å². The van der Waals surface area contributed by atoms with Crippen molar-refractivity contribution in [3.8, 4) is 0 Å². The Balaban J connectivity index is 3.12. The molecule has 1 unspecified atom stereocenters. The van der Waals surface area contributed by atoms with Crippen LogP contribution in [-0.4, -0.2) is 23.2 Å². The lowest BCUT2D eigenvalue weighted by Gasteiger charge is -2.25. The Morgan fingerprint density at radius 3 is 2.85 bits per heavy atom. The number of pyridine rings is 1. The number of aliphatic hydroxyl groups is 1. The van der Waals surface area contributed by atoms with Crippen molar-refractivity contribution < 1.29 is 9.50 Å². The summed E-state index contributed by atoms with van der Waals surface area (Å²) in [6.45, 7) is 1.70. The van der Waals surface area contributed by atoms with E-state index in [-0.39, 0.29) is 13.2 Å². The molecule has 1 heterocycles. The molecule has 1 aromatic heterocycles. The number of hydrogen-bond acceptors (Lipinski definition) is 3. The van der Waals surface area contributed by atoms with Crippen molar-refractivity contribution in [2.75, 3.05) is 13.2 Å². The van der Waals surface area contributed by atoms with Crippen LogP contribution in [0.3, 0.4) is 0 Å². The lowest BCUT2D eigenvalue weighted by molar-refractivity contribution is 0.205. The summed E-state index contributed by atoms with van der Waals surface area (Å²) in [6, 6.07) is 3.22. The normalized spacial score (nSPS) is 15.4. The molecule has 1 aromatic rings. The quantitative estimate of drug-likeness (QED) is 0.670. The van der Waals surface area contributed by atoms with Gasteiger partial charge in [-0.05, 0) is 6.07 Å². The molecule has 13 heavy (non-hydrogen) atoms. The number of nitrogens with zero attached hydrogens (tertiary/aromatic N) is 1. The standard InChI is InChI=1S/C9H13FN2O/c1-9(5-11,6-13)7-3-2-4-12-8(7)10/h2-4,13H,5-6,11H2,1H3. The molecule has 0 aromatic carbocycles. The molecule has 0 aliphatic rings. The van der Waals surface area contributed by atoms with E-state index in [9.17, 15) is 4.39 Å². The molecule has 4 heteroatoms. The minimum Gasteiger partial charge on any atom is -0.395 e. The predicted octanol–water partition coefficient (Wildman–Crippen LogP) is 0.429.